The van der Waals surface area contributed by atoms with Gasteiger partial charge >= 0.3 is 68.9 Å². The largest absolute Gasteiger partial charge is 1.00 e. The Kier molecular flexibility index (Phi) is 9.07. The molecule has 0 radical (unpaired) electrons. The summed E-state index contributed by atoms with van der Waals surface area (Å²) in [6.07, 6.45) is 6.34. The molecule has 1 unspecified atom stereocenters. The van der Waals surface area contributed by atoms with Crippen LogP contribution in [0.3, 0.4) is 0 Å². The second-order valence-electron chi connectivity index (χ2n) is 7.88. The second kappa shape index (κ2) is 10.8. The van der Waals surface area contributed by atoms with Crippen LogP contribution < -0.4 is 79.6 Å². The van der Waals surface area contributed by atoms with E-state index in [0.717, 1.165) is 23.0 Å². The van der Waals surface area contributed by atoms with Gasteiger partial charge in [-0.25, -0.2) is 14.5 Å². The van der Waals surface area contributed by atoms with Crippen LogP contribution in [0, 0.1) is 19.8 Å². The van der Waals surface area contributed by atoms with E-state index in [9.17, 15) is 4.79 Å². The van der Waals surface area contributed by atoms with E-state index in [0.29, 0.717) is 28.7 Å². The number of aromatic nitrogens is 4. The molecule has 0 aliphatic heterocycles. The third-order valence-electron chi connectivity index (χ3n) is 5.19. The summed E-state index contributed by atoms with van der Waals surface area (Å²) < 4.78 is 1.74. The maximum Gasteiger partial charge on any atom is 1.00 e. The van der Waals surface area contributed by atoms with Gasteiger partial charge < -0.3 is 18.2 Å². The smallest absolute Gasteiger partial charge is 0.358 e. The van der Waals surface area contributed by atoms with Gasteiger partial charge in [0.05, 0.1) is 29.7 Å². The van der Waals surface area contributed by atoms with Crippen LogP contribution in [0.5, 0.6) is 0 Å². The molecule has 0 bridgehead atoms. The van der Waals surface area contributed by atoms with Gasteiger partial charge in [-0.2, -0.15) is 10.2 Å². The van der Waals surface area contributed by atoms with Gasteiger partial charge in [0.15, 0.2) is 10.8 Å². The summed E-state index contributed by atoms with van der Waals surface area (Å²) >= 11 is 6.07. The van der Waals surface area contributed by atoms with E-state index in [1.165, 1.54) is 6.21 Å². The van der Waals surface area contributed by atoms with Gasteiger partial charge in [0.1, 0.15) is 5.82 Å². The molecule has 9 nitrogen and oxygen atoms in total. The van der Waals surface area contributed by atoms with Crippen molar-refractivity contribution in [1.82, 2.24) is 19.6 Å². The van der Waals surface area contributed by atoms with Gasteiger partial charge in [0, 0.05) is 29.5 Å². The summed E-state index contributed by atoms with van der Waals surface area (Å²) in [4.78, 5) is 21.8. The van der Waals surface area contributed by atoms with Crippen molar-refractivity contribution < 1.29 is 73.7 Å². The topological polar surface area (TPSA) is 120 Å². The molecule has 0 aromatic carbocycles. The van der Waals surface area contributed by atoms with Crippen molar-refractivity contribution >= 4 is 47.1 Å². The van der Waals surface area contributed by atoms with Gasteiger partial charge in [0.2, 0.25) is 5.91 Å². The average molecular weight is 573 g/mol. The van der Waals surface area contributed by atoms with E-state index in [-0.39, 0.29) is 93.6 Å². The third-order valence-corrected chi connectivity index (χ3v) is 5.38. The number of anilines is 2. The van der Waals surface area contributed by atoms with Crippen LogP contribution >= 0.6 is 11.6 Å². The van der Waals surface area contributed by atoms with E-state index in [4.69, 9.17) is 17.0 Å². The number of amides is 1. The van der Waals surface area contributed by atoms with Crippen molar-refractivity contribution in [3.05, 3.63) is 53.9 Å². The molecule has 1 aliphatic carbocycles. The van der Waals surface area contributed by atoms with Crippen LogP contribution in [0.2, 0.25) is 5.15 Å². The number of hydrogen-bond donors (Lipinski definition) is 3. The number of nitrogens with one attached hydrogen (secondary N) is 3. The predicted octanol–water partition coefficient (Wildman–Crippen LogP) is 0.991. The van der Waals surface area contributed by atoms with Gasteiger partial charge in [-0.1, -0.05) is 25.4 Å². The Labute approximate surface area is 250 Å². The molecule has 3 aromatic heterocycles. The van der Waals surface area contributed by atoms with Crippen LogP contribution in [0.15, 0.2) is 29.6 Å². The number of halogens is 1. The van der Waals surface area contributed by atoms with Crippen LogP contribution in [-0.4, -0.2) is 37.9 Å². The van der Waals surface area contributed by atoms with Crippen LogP contribution in [0.1, 0.15) is 43.0 Å². The molecule has 1 aliphatic rings. The predicted molar refractivity (Wildman–Crippen MR) is 123 cm³/mol. The number of hydrogen-bond acceptors (Lipinski definition) is 7. The van der Waals surface area contributed by atoms with Crippen LogP contribution in [-0.2, 0) is 10.2 Å². The van der Waals surface area contributed by atoms with Crippen molar-refractivity contribution in [2.45, 2.75) is 38.5 Å². The maximum absolute atomic E-state index is 13.1. The van der Waals surface area contributed by atoms with E-state index >= 15 is 0 Å². The molecule has 3 aromatic rings. The van der Waals surface area contributed by atoms with Crippen molar-refractivity contribution in [3.8, 4) is 0 Å². The third kappa shape index (κ3) is 5.27. The molecule has 32 heavy (non-hydrogen) atoms. The molecule has 1 atom stereocenters. The summed E-state index contributed by atoms with van der Waals surface area (Å²) in [6.45, 7) is 6.05. The van der Waals surface area contributed by atoms with Crippen LogP contribution in [0.25, 0.3) is 5.65 Å². The summed E-state index contributed by atoms with van der Waals surface area (Å²) in [5.74, 6) is 0.0794. The van der Waals surface area contributed by atoms with Gasteiger partial charge in [-0.15, -0.1) is 0 Å². The van der Waals surface area contributed by atoms with E-state index in [2.05, 4.69) is 44.8 Å². The second-order valence-corrected chi connectivity index (χ2v) is 8.26. The summed E-state index contributed by atoms with van der Waals surface area (Å²) in [7, 11) is 0. The summed E-state index contributed by atoms with van der Waals surface area (Å²) in [5.41, 5.74) is 6.39. The molecule has 0 saturated heterocycles. The minimum atomic E-state index is -0.356. The van der Waals surface area contributed by atoms with Gasteiger partial charge in [-0.3, -0.25) is 10.2 Å². The van der Waals surface area contributed by atoms with Crippen LogP contribution in [0.4, 0.5) is 11.5 Å². The SMILES string of the molecule is Cc1cc(NC(=O)C2CC(C)(C)c3c2cnc2cc(Cl)nn32)cnc1N/N=C\C=N.[CH3-].[Cs+]. The van der Waals surface area contributed by atoms with Gasteiger partial charge in [-0.05, 0) is 25.0 Å². The Hall–Kier alpha value is -1.28. The first-order chi connectivity index (χ1) is 14.3. The molecule has 1 amide bonds. The Bertz CT molecular complexity index is 1190. The average Bonchev–Trinajstić information content (AvgIpc) is 3.19. The fourth-order valence-electron chi connectivity index (χ4n) is 3.93. The summed E-state index contributed by atoms with van der Waals surface area (Å²) in [6, 6.07) is 3.53. The monoisotopic (exact) mass is 572 g/mol. The molecular formula is C21H24ClCsN8O. The maximum atomic E-state index is 13.1. The molecule has 162 valence electrons. The minimum Gasteiger partial charge on any atom is -0.358 e. The number of nitrogens with zero attached hydrogens (tertiary/aromatic N) is 5. The number of carbonyl (C=O) groups excluding carboxylic acids is 1. The molecule has 11 heteroatoms. The molecule has 0 saturated carbocycles. The molecular weight excluding hydrogens is 549 g/mol. The van der Waals surface area contributed by atoms with E-state index in [1.54, 1.807) is 23.0 Å². The Balaban J connectivity index is 0.00000181. The molecule has 3 heterocycles. The Morgan fingerprint density at radius 2 is 2.09 bits per heavy atom. The fraction of sp³-hybridized carbons (Fsp3) is 0.286. The first-order valence-electron chi connectivity index (χ1n) is 9.40. The van der Waals surface area contributed by atoms with Crippen molar-refractivity contribution in [1.29, 1.82) is 5.41 Å². The van der Waals surface area contributed by atoms with E-state index < -0.39 is 0 Å². The minimum absolute atomic E-state index is 0. The quantitative estimate of drug-likeness (QED) is 0.239. The van der Waals surface area contributed by atoms with E-state index in [1.807, 2.05) is 13.0 Å². The Morgan fingerprint density at radius 1 is 1.34 bits per heavy atom. The first-order valence-corrected chi connectivity index (χ1v) is 9.78. The van der Waals surface area contributed by atoms with Crippen molar-refractivity contribution in [3.63, 3.8) is 0 Å². The number of carbonyl (C=O) groups is 1. The standard InChI is InChI=1S/C20H21ClN8O.CH3.Cs/c1-11-6-12(9-24-18(11)27-25-5-4-22)26-19(30)13-8-20(2,3)17-14(13)10-23-16-7-15(21)28-29(16)17;;/h4-7,9-10,13,22H,8H2,1-3H3,(H,24,27)(H,26,30);1H3;/q;-1;+1/b22-4?,25-5-;;. The number of fused-ring (bicyclic) bond motifs is 3. The zero-order valence-corrected chi connectivity index (χ0v) is 25.8. The molecule has 0 spiro atoms. The van der Waals surface area contributed by atoms with Gasteiger partial charge in [0.25, 0.3) is 0 Å². The fourth-order valence-corrected chi connectivity index (χ4v) is 4.10. The Morgan fingerprint density at radius 3 is 2.78 bits per heavy atom. The number of rotatable bonds is 5. The van der Waals surface area contributed by atoms with Crippen molar-refractivity contribution in [2.24, 2.45) is 5.10 Å². The first kappa shape index (κ1) is 27.0. The number of aryl methyl sites for hydroxylation is 1. The molecule has 4 rings (SSSR count). The number of hydrazone groups is 1. The molecule has 0 fully saturated rings. The zero-order chi connectivity index (χ0) is 21.5. The normalized spacial score (nSPS) is 16.2. The zero-order valence-electron chi connectivity index (χ0n) is 18.8. The summed E-state index contributed by atoms with van der Waals surface area (Å²) in [5, 5.41) is 18.5. The van der Waals surface area contributed by atoms with Crippen molar-refractivity contribution in [2.75, 3.05) is 10.7 Å². The number of pyridine rings is 1. The molecule has 3 N–H and O–H groups in total.